The molecule has 2 fully saturated rings. The van der Waals surface area contributed by atoms with Gasteiger partial charge in [0.1, 0.15) is 11.2 Å². The number of nitrogens with one attached hydrogen (secondary N) is 1. The first-order valence-electron chi connectivity index (χ1n) is 11.4. The van der Waals surface area contributed by atoms with Gasteiger partial charge in [-0.2, -0.15) is 0 Å². The number of nitrogens with zero attached hydrogens (tertiary/aromatic N) is 4. The number of likely N-dealkylation sites (tertiary alicyclic amines) is 1. The van der Waals surface area contributed by atoms with E-state index in [0.29, 0.717) is 25.6 Å². The molecule has 9 nitrogen and oxygen atoms in total. The van der Waals surface area contributed by atoms with Crippen molar-refractivity contribution >= 4 is 42.1 Å². The first kappa shape index (κ1) is 26.8. The lowest BCUT2D eigenvalue weighted by molar-refractivity contribution is 0.0137. The molecule has 1 N–H and O–H groups in total. The van der Waals surface area contributed by atoms with E-state index in [9.17, 15) is 9.59 Å². The Labute approximate surface area is 209 Å². The van der Waals surface area contributed by atoms with E-state index in [-0.39, 0.29) is 42.2 Å². The molecule has 0 radical (unpaired) electrons. The highest BCUT2D eigenvalue weighted by Crippen LogP contribution is 2.21. The summed E-state index contributed by atoms with van der Waals surface area (Å²) in [5.41, 5.74) is -0.938. The Balaban J connectivity index is 0.00000363. The largest absolute Gasteiger partial charge is 0.444 e. The molecular weight excluding hydrogens is 525 g/mol. The van der Waals surface area contributed by atoms with Crippen LogP contribution in [0, 0.1) is 5.92 Å². The van der Waals surface area contributed by atoms with Crippen molar-refractivity contribution in [2.24, 2.45) is 10.9 Å². The van der Waals surface area contributed by atoms with Crippen LogP contribution in [0.1, 0.15) is 54.4 Å². The molecule has 3 aliphatic heterocycles. The van der Waals surface area contributed by atoms with Gasteiger partial charge in [0, 0.05) is 39.3 Å². The Morgan fingerprint density at radius 3 is 2.06 bits per heavy atom. The van der Waals surface area contributed by atoms with Crippen molar-refractivity contribution in [2.75, 3.05) is 45.8 Å². The minimum Gasteiger partial charge on any atom is -0.444 e. The van der Waals surface area contributed by atoms with E-state index in [1.807, 2.05) is 41.5 Å². The molecule has 0 saturated carbocycles. The summed E-state index contributed by atoms with van der Waals surface area (Å²) in [7, 11) is 0. The molecule has 0 aromatic heterocycles. The number of guanidine groups is 1. The number of rotatable bonds is 2. The van der Waals surface area contributed by atoms with Crippen LogP contribution < -0.4 is 5.32 Å². The van der Waals surface area contributed by atoms with Gasteiger partial charge in [-0.25, -0.2) is 9.59 Å². The van der Waals surface area contributed by atoms with E-state index in [1.54, 1.807) is 9.80 Å². The zero-order valence-corrected chi connectivity index (χ0v) is 22.7. The molecule has 1 unspecified atom stereocenters. The predicted octanol–water partition coefficient (Wildman–Crippen LogP) is 3.13. The maximum Gasteiger partial charge on any atom is 0.410 e. The van der Waals surface area contributed by atoms with Crippen LogP contribution in [-0.4, -0.2) is 95.9 Å². The summed E-state index contributed by atoms with van der Waals surface area (Å²) in [5.74, 6) is 1.44. The number of ether oxygens (including phenoxy) is 2. The maximum atomic E-state index is 12.4. The summed E-state index contributed by atoms with van der Waals surface area (Å²) >= 11 is 0. The summed E-state index contributed by atoms with van der Waals surface area (Å²) in [4.78, 5) is 35.1. The van der Waals surface area contributed by atoms with Gasteiger partial charge in [0.25, 0.3) is 0 Å². The van der Waals surface area contributed by atoms with Crippen molar-refractivity contribution in [3.63, 3.8) is 0 Å². The Bertz CT molecular complexity index is 695. The van der Waals surface area contributed by atoms with E-state index in [0.717, 1.165) is 45.0 Å². The van der Waals surface area contributed by atoms with Crippen molar-refractivity contribution in [2.45, 2.75) is 71.6 Å². The van der Waals surface area contributed by atoms with Crippen molar-refractivity contribution in [3.8, 4) is 0 Å². The van der Waals surface area contributed by atoms with Gasteiger partial charge in [0.2, 0.25) is 0 Å². The van der Waals surface area contributed by atoms with E-state index < -0.39 is 11.2 Å². The average Bonchev–Trinajstić information content (AvgIpc) is 3.06. The van der Waals surface area contributed by atoms with E-state index in [2.05, 4.69) is 15.2 Å². The molecule has 3 heterocycles. The Hall–Kier alpha value is -1.46. The predicted molar refractivity (Wildman–Crippen MR) is 135 cm³/mol. The maximum absolute atomic E-state index is 12.4. The summed E-state index contributed by atoms with van der Waals surface area (Å²) in [5, 5.41) is 3.52. The van der Waals surface area contributed by atoms with Gasteiger partial charge in [0.15, 0.2) is 5.96 Å². The van der Waals surface area contributed by atoms with Crippen molar-refractivity contribution in [1.82, 2.24) is 20.0 Å². The molecule has 0 bridgehead atoms. The standard InChI is InChI=1S/C22H39N5O4.HI/c1-21(2,3)30-19(28)25-9-7-16(8-10-25)13-23-18-24-14-17-15-26(11-12-27(17)18)20(29)31-22(4,5)6;/h16-17H,7-15H2,1-6H3,(H,23,24);1H. The summed E-state index contributed by atoms with van der Waals surface area (Å²) in [6.07, 6.45) is 1.44. The van der Waals surface area contributed by atoms with Gasteiger partial charge in [0.05, 0.1) is 12.6 Å². The molecule has 184 valence electrons. The third kappa shape index (κ3) is 7.55. The second kappa shape index (κ2) is 10.6. The van der Waals surface area contributed by atoms with Gasteiger partial charge in [-0.15, -0.1) is 24.0 Å². The van der Waals surface area contributed by atoms with Gasteiger partial charge >= 0.3 is 12.2 Å². The number of piperazine rings is 1. The molecule has 3 rings (SSSR count). The second-order valence-corrected chi connectivity index (χ2v) is 10.7. The van der Waals surface area contributed by atoms with Crippen LogP contribution in [0.2, 0.25) is 0 Å². The summed E-state index contributed by atoms with van der Waals surface area (Å²) in [6.45, 7) is 16.4. The van der Waals surface area contributed by atoms with E-state index >= 15 is 0 Å². The Morgan fingerprint density at radius 1 is 0.938 bits per heavy atom. The third-order valence-corrected chi connectivity index (χ3v) is 5.67. The summed E-state index contributed by atoms with van der Waals surface area (Å²) in [6, 6.07) is 0.206. The van der Waals surface area contributed by atoms with Crippen molar-refractivity contribution < 1.29 is 19.1 Å². The molecule has 0 aliphatic carbocycles. The zero-order valence-electron chi connectivity index (χ0n) is 20.3. The number of carbonyl (C=O) groups is 2. The molecule has 32 heavy (non-hydrogen) atoms. The molecule has 2 saturated heterocycles. The van der Waals surface area contributed by atoms with Crippen LogP contribution in [-0.2, 0) is 9.47 Å². The first-order chi connectivity index (χ1) is 14.4. The number of piperidine rings is 1. The fourth-order valence-corrected chi connectivity index (χ4v) is 4.10. The van der Waals surface area contributed by atoms with Crippen LogP contribution in [0.25, 0.3) is 0 Å². The number of hydrogen-bond donors (Lipinski definition) is 1. The fraction of sp³-hybridized carbons (Fsp3) is 0.864. The number of aliphatic imine (C=N–C) groups is 1. The second-order valence-electron chi connectivity index (χ2n) is 10.7. The molecule has 0 aromatic carbocycles. The molecular formula is C22H40IN5O4. The monoisotopic (exact) mass is 565 g/mol. The SMILES string of the molecule is CC(C)(C)OC(=O)N1CCC(CNC2=NCC3CN(C(=O)OC(C)(C)C)CCN23)CC1.I. The van der Waals surface area contributed by atoms with Crippen LogP contribution in [0.4, 0.5) is 9.59 Å². The number of amides is 2. The molecule has 0 spiro atoms. The Kier molecular flexibility index (Phi) is 8.91. The van der Waals surface area contributed by atoms with Crippen molar-refractivity contribution in [3.05, 3.63) is 0 Å². The minimum absolute atomic E-state index is 0. The first-order valence-corrected chi connectivity index (χ1v) is 11.4. The van der Waals surface area contributed by atoms with E-state index in [1.165, 1.54) is 0 Å². The van der Waals surface area contributed by atoms with Gasteiger partial charge in [-0.3, -0.25) is 4.99 Å². The highest BCUT2D eigenvalue weighted by Gasteiger charge is 2.36. The zero-order chi connectivity index (χ0) is 22.8. The minimum atomic E-state index is -0.480. The van der Waals surface area contributed by atoms with Gasteiger partial charge in [-0.1, -0.05) is 0 Å². The normalized spacial score (nSPS) is 22.0. The molecule has 10 heteroatoms. The average molecular weight is 565 g/mol. The number of carbonyl (C=O) groups excluding carboxylic acids is 2. The van der Waals surface area contributed by atoms with Crippen LogP contribution >= 0.6 is 24.0 Å². The van der Waals surface area contributed by atoms with Crippen LogP contribution in [0.15, 0.2) is 4.99 Å². The Morgan fingerprint density at radius 2 is 1.50 bits per heavy atom. The molecule has 1 atom stereocenters. The highest BCUT2D eigenvalue weighted by molar-refractivity contribution is 14.0. The number of fused-ring (bicyclic) bond motifs is 1. The topological polar surface area (TPSA) is 86.7 Å². The number of halogens is 1. The number of hydrogen-bond acceptors (Lipinski definition) is 7. The molecule has 0 aromatic rings. The van der Waals surface area contributed by atoms with Crippen molar-refractivity contribution in [1.29, 1.82) is 0 Å². The lowest BCUT2D eigenvalue weighted by Crippen LogP contribution is -2.58. The van der Waals surface area contributed by atoms with E-state index in [4.69, 9.17) is 9.47 Å². The summed E-state index contributed by atoms with van der Waals surface area (Å²) < 4.78 is 11.0. The van der Waals surface area contributed by atoms with Crippen LogP contribution in [0.3, 0.4) is 0 Å². The quantitative estimate of drug-likeness (QED) is 0.518. The lowest BCUT2D eigenvalue weighted by Gasteiger charge is -2.39. The molecule has 2 amide bonds. The van der Waals surface area contributed by atoms with Gasteiger partial charge in [-0.05, 0) is 60.3 Å². The lowest BCUT2D eigenvalue weighted by atomic mass is 9.97. The highest BCUT2D eigenvalue weighted by atomic mass is 127. The third-order valence-electron chi connectivity index (χ3n) is 5.67. The molecule has 3 aliphatic rings. The van der Waals surface area contributed by atoms with Gasteiger partial charge < -0.3 is 29.5 Å². The fourth-order valence-electron chi connectivity index (χ4n) is 4.10. The van der Waals surface area contributed by atoms with Crippen LogP contribution in [0.5, 0.6) is 0 Å². The smallest absolute Gasteiger partial charge is 0.410 e.